The standard InChI is InChI=1S/C11H21N3O2/c1-11(2)6-3-4-8(11)10(15)13-7-5-9(12)14-16/h8,16H,3-7H2,1-2H3,(H2,12,14)(H,13,15). The topological polar surface area (TPSA) is 87.7 Å². The van der Waals surface area contributed by atoms with Crippen LogP contribution < -0.4 is 11.1 Å². The average molecular weight is 227 g/mol. The Morgan fingerprint density at radius 2 is 2.31 bits per heavy atom. The van der Waals surface area contributed by atoms with Crippen LogP contribution >= 0.6 is 0 Å². The molecule has 0 aromatic heterocycles. The molecule has 0 aliphatic heterocycles. The van der Waals surface area contributed by atoms with Crippen molar-refractivity contribution < 1.29 is 10.0 Å². The quantitative estimate of drug-likeness (QED) is 0.290. The molecule has 0 aromatic rings. The van der Waals surface area contributed by atoms with Gasteiger partial charge in [0, 0.05) is 18.9 Å². The fraction of sp³-hybridized carbons (Fsp3) is 0.818. The molecule has 4 N–H and O–H groups in total. The van der Waals surface area contributed by atoms with E-state index in [9.17, 15) is 4.79 Å². The van der Waals surface area contributed by atoms with Crippen LogP contribution in [0.15, 0.2) is 5.16 Å². The summed E-state index contributed by atoms with van der Waals surface area (Å²) in [5.41, 5.74) is 5.41. The fourth-order valence-corrected chi connectivity index (χ4v) is 2.30. The van der Waals surface area contributed by atoms with Crippen LogP contribution in [0.25, 0.3) is 0 Å². The van der Waals surface area contributed by atoms with Gasteiger partial charge in [-0.2, -0.15) is 0 Å². The molecule has 1 aliphatic rings. The zero-order valence-electron chi connectivity index (χ0n) is 9.99. The first-order valence-electron chi connectivity index (χ1n) is 5.71. The molecule has 0 spiro atoms. The molecule has 1 atom stereocenters. The summed E-state index contributed by atoms with van der Waals surface area (Å²) < 4.78 is 0. The zero-order valence-corrected chi connectivity index (χ0v) is 9.99. The van der Waals surface area contributed by atoms with E-state index in [2.05, 4.69) is 24.3 Å². The Bertz CT molecular complexity index is 287. The summed E-state index contributed by atoms with van der Waals surface area (Å²) in [6.07, 6.45) is 3.56. The van der Waals surface area contributed by atoms with Crippen LogP contribution in [0.2, 0.25) is 0 Å². The Morgan fingerprint density at radius 3 is 2.81 bits per heavy atom. The summed E-state index contributed by atoms with van der Waals surface area (Å²) >= 11 is 0. The van der Waals surface area contributed by atoms with Crippen molar-refractivity contribution in [3.63, 3.8) is 0 Å². The van der Waals surface area contributed by atoms with Crippen LogP contribution in [0.4, 0.5) is 0 Å². The molecule has 92 valence electrons. The third kappa shape index (κ3) is 3.12. The molecule has 1 saturated carbocycles. The highest BCUT2D eigenvalue weighted by molar-refractivity contribution is 5.82. The Balaban J connectivity index is 2.36. The van der Waals surface area contributed by atoms with E-state index in [-0.39, 0.29) is 23.1 Å². The Morgan fingerprint density at radius 1 is 1.62 bits per heavy atom. The normalized spacial score (nSPS) is 24.4. The third-order valence-corrected chi connectivity index (χ3v) is 3.38. The molecule has 5 nitrogen and oxygen atoms in total. The van der Waals surface area contributed by atoms with Gasteiger partial charge in [0.05, 0.1) is 0 Å². The van der Waals surface area contributed by atoms with Crippen LogP contribution in [-0.4, -0.2) is 23.5 Å². The number of nitrogens with zero attached hydrogens (tertiary/aromatic N) is 1. The molecule has 0 bridgehead atoms. The van der Waals surface area contributed by atoms with Gasteiger partial charge in [0.2, 0.25) is 5.91 Å². The molecule has 1 unspecified atom stereocenters. The smallest absolute Gasteiger partial charge is 0.223 e. The monoisotopic (exact) mass is 227 g/mol. The minimum Gasteiger partial charge on any atom is -0.409 e. The molecule has 1 aliphatic carbocycles. The van der Waals surface area contributed by atoms with Gasteiger partial charge in [-0.05, 0) is 18.3 Å². The summed E-state index contributed by atoms with van der Waals surface area (Å²) in [7, 11) is 0. The van der Waals surface area contributed by atoms with E-state index >= 15 is 0 Å². The number of amides is 1. The van der Waals surface area contributed by atoms with Gasteiger partial charge in [-0.3, -0.25) is 4.79 Å². The number of hydrogen-bond acceptors (Lipinski definition) is 3. The minimum atomic E-state index is 0.0910. The van der Waals surface area contributed by atoms with E-state index in [1.54, 1.807) is 0 Å². The van der Waals surface area contributed by atoms with Gasteiger partial charge < -0.3 is 16.3 Å². The summed E-state index contributed by atoms with van der Waals surface area (Å²) in [4.78, 5) is 11.9. The Labute approximate surface area is 96.1 Å². The number of nitrogens with one attached hydrogen (secondary N) is 1. The molecule has 1 amide bonds. The average Bonchev–Trinajstić information content (AvgIpc) is 2.57. The highest BCUT2D eigenvalue weighted by atomic mass is 16.4. The third-order valence-electron chi connectivity index (χ3n) is 3.38. The van der Waals surface area contributed by atoms with Crippen molar-refractivity contribution in [3.8, 4) is 0 Å². The molecule has 0 heterocycles. The Hall–Kier alpha value is -1.26. The first kappa shape index (κ1) is 12.8. The van der Waals surface area contributed by atoms with Crippen LogP contribution in [0.5, 0.6) is 0 Å². The van der Waals surface area contributed by atoms with Crippen molar-refractivity contribution in [2.45, 2.75) is 39.5 Å². The molecular formula is C11H21N3O2. The number of amidine groups is 1. The number of rotatable bonds is 4. The highest BCUT2D eigenvalue weighted by Crippen LogP contribution is 2.42. The van der Waals surface area contributed by atoms with Crippen LogP contribution in [0, 0.1) is 11.3 Å². The van der Waals surface area contributed by atoms with E-state index in [1.807, 2.05) is 0 Å². The van der Waals surface area contributed by atoms with E-state index < -0.39 is 0 Å². The number of oxime groups is 1. The second-order valence-electron chi connectivity index (χ2n) is 5.07. The zero-order chi connectivity index (χ0) is 12.2. The summed E-state index contributed by atoms with van der Waals surface area (Å²) in [5, 5.41) is 14.0. The SMILES string of the molecule is CC1(C)CCCC1C(=O)NCCC(N)=NO. The molecule has 0 radical (unpaired) electrons. The minimum absolute atomic E-state index is 0.0910. The van der Waals surface area contributed by atoms with Crippen LogP contribution in [0.3, 0.4) is 0 Å². The number of carbonyl (C=O) groups excluding carboxylic acids is 1. The number of nitrogens with two attached hydrogens (primary N) is 1. The van der Waals surface area contributed by atoms with E-state index in [1.165, 1.54) is 0 Å². The lowest BCUT2D eigenvalue weighted by Gasteiger charge is -2.25. The lowest BCUT2D eigenvalue weighted by molar-refractivity contribution is -0.127. The maximum absolute atomic E-state index is 11.9. The first-order valence-corrected chi connectivity index (χ1v) is 5.71. The summed E-state index contributed by atoms with van der Waals surface area (Å²) in [6.45, 7) is 4.70. The number of hydrogen-bond donors (Lipinski definition) is 3. The van der Waals surface area contributed by atoms with Crippen molar-refractivity contribution in [3.05, 3.63) is 0 Å². The molecule has 16 heavy (non-hydrogen) atoms. The van der Waals surface area contributed by atoms with Gasteiger partial charge in [0.1, 0.15) is 5.84 Å². The van der Waals surface area contributed by atoms with Crippen molar-refractivity contribution in [1.82, 2.24) is 5.32 Å². The molecule has 5 heteroatoms. The lowest BCUT2D eigenvalue weighted by atomic mass is 9.81. The molecule has 1 rings (SSSR count). The van der Waals surface area contributed by atoms with Gasteiger partial charge >= 0.3 is 0 Å². The second-order valence-corrected chi connectivity index (χ2v) is 5.07. The lowest BCUT2D eigenvalue weighted by Crippen LogP contribution is -2.37. The maximum atomic E-state index is 11.9. The fourth-order valence-electron chi connectivity index (χ4n) is 2.30. The first-order chi connectivity index (χ1) is 7.47. The van der Waals surface area contributed by atoms with Gasteiger partial charge in [0.15, 0.2) is 0 Å². The molecule has 0 aromatic carbocycles. The predicted octanol–water partition coefficient (Wildman–Crippen LogP) is 1.07. The van der Waals surface area contributed by atoms with E-state index in [0.29, 0.717) is 13.0 Å². The van der Waals surface area contributed by atoms with Gasteiger partial charge in [-0.1, -0.05) is 25.4 Å². The predicted molar refractivity (Wildman–Crippen MR) is 62.2 cm³/mol. The van der Waals surface area contributed by atoms with E-state index in [4.69, 9.17) is 10.9 Å². The second kappa shape index (κ2) is 5.18. The maximum Gasteiger partial charge on any atom is 0.223 e. The van der Waals surface area contributed by atoms with Crippen molar-refractivity contribution in [1.29, 1.82) is 0 Å². The molecular weight excluding hydrogens is 206 g/mol. The Kier molecular flexibility index (Phi) is 4.15. The number of carbonyl (C=O) groups is 1. The highest BCUT2D eigenvalue weighted by Gasteiger charge is 2.38. The van der Waals surface area contributed by atoms with Crippen LogP contribution in [0.1, 0.15) is 39.5 Å². The van der Waals surface area contributed by atoms with Crippen LogP contribution in [-0.2, 0) is 4.79 Å². The largest absolute Gasteiger partial charge is 0.409 e. The molecule has 0 saturated heterocycles. The van der Waals surface area contributed by atoms with Crippen molar-refractivity contribution >= 4 is 11.7 Å². The molecule has 1 fully saturated rings. The summed E-state index contributed by atoms with van der Waals surface area (Å²) in [6, 6.07) is 0. The van der Waals surface area contributed by atoms with Gasteiger partial charge in [-0.15, -0.1) is 0 Å². The van der Waals surface area contributed by atoms with Gasteiger partial charge in [0.25, 0.3) is 0 Å². The van der Waals surface area contributed by atoms with E-state index in [0.717, 1.165) is 19.3 Å². The van der Waals surface area contributed by atoms with Crippen molar-refractivity contribution in [2.75, 3.05) is 6.54 Å². The summed E-state index contributed by atoms with van der Waals surface area (Å²) in [5.74, 6) is 0.332. The van der Waals surface area contributed by atoms with Gasteiger partial charge in [-0.25, -0.2) is 0 Å². The van der Waals surface area contributed by atoms with Crippen molar-refractivity contribution in [2.24, 2.45) is 22.2 Å².